The molecule has 0 saturated carbocycles. The van der Waals surface area contributed by atoms with Crippen LogP contribution in [0, 0.1) is 4.91 Å². The first-order valence-electron chi connectivity index (χ1n) is 3.48. The van der Waals surface area contributed by atoms with Crippen molar-refractivity contribution in [3.05, 3.63) is 28.7 Å². The third kappa shape index (κ3) is 1.81. The molecule has 0 fully saturated rings. The first-order chi connectivity index (χ1) is 6.19. The van der Waals surface area contributed by atoms with Gasteiger partial charge in [-0.25, -0.2) is 4.79 Å². The van der Waals surface area contributed by atoms with Crippen molar-refractivity contribution in [1.82, 2.24) is 0 Å². The second-order valence-electron chi connectivity index (χ2n) is 2.33. The van der Waals surface area contributed by atoms with Crippen molar-refractivity contribution in [2.24, 2.45) is 0 Å². The number of phenolic OH excluding ortho intramolecular Hbond substituents is 1. The van der Waals surface area contributed by atoms with Crippen molar-refractivity contribution >= 4 is 11.7 Å². The van der Waals surface area contributed by atoms with Crippen LogP contribution in [0.4, 0.5) is 5.69 Å². The Balaban J connectivity index is 3.13. The van der Waals surface area contributed by atoms with E-state index in [0.29, 0.717) is 0 Å². The quantitative estimate of drug-likeness (QED) is 0.484. The molecular formula is C8H8NO4+. The van der Waals surface area contributed by atoms with Crippen LogP contribution in [0.1, 0.15) is 10.4 Å². The molecule has 0 amide bonds. The lowest BCUT2D eigenvalue weighted by molar-refractivity contribution is -0.380. The predicted octanol–water partition coefficient (Wildman–Crippen LogP) is -0.343. The molecule has 1 rings (SSSR count). The number of phenols is 1. The number of hydrogen-bond donors (Lipinski definition) is 2. The van der Waals surface area contributed by atoms with E-state index in [0.717, 1.165) is 0 Å². The Bertz CT molecular complexity index is 348. The summed E-state index contributed by atoms with van der Waals surface area (Å²) in [5, 5.41) is 10.6. The number of methoxy groups -OCH3 is 1. The van der Waals surface area contributed by atoms with E-state index in [9.17, 15) is 9.70 Å². The topological polar surface area (TPSA) is 77.6 Å². The van der Waals surface area contributed by atoms with E-state index in [2.05, 4.69) is 4.74 Å². The molecule has 0 atom stereocenters. The van der Waals surface area contributed by atoms with Crippen molar-refractivity contribution in [3.63, 3.8) is 0 Å². The van der Waals surface area contributed by atoms with Crippen LogP contribution in [0.25, 0.3) is 0 Å². The molecule has 0 aliphatic carbocycles. The monoisotopic (exact) mass is 182 g/mol. The van der Waals surface area contributed by atoms with E-state index < -0.39 is 5.97 Å². The molecule has 0 bridgehead atoms. The van der Waals surface area contributed by atoms with Gasteiger partial charge in [0.1, 0.15) is 0 Å². The molecule has 0 aliphatic heterocycles. The fourth-order valence-corrected chi connectivity index (χ4v) is 0.863. The van der Waals surface area contributed by atoms with Gasteiger partial charge in [-0.3, -0.25) is 0 Å². The van der Waals surface area contributed by atoms with Crippen molar-refractivity contribution in [2.75, 3.05) is 7.11 Å². The van der Waals surface area contributed by atoms with Crippen LogP contribution in [0.2, 0.25) is 0 Å². The van der Waals surface area contributed by atoms with Crippen LogP contribution in [0.5, 0.6) is 5.75 Å². The standard InChI is InChI=1S/C8H7NO4/c1-13-8(11)5-2-3-7(10)6(4-5)9-12/h2-4,10H,1H3/p+1. The maximum Gasteiger partial charge on any atom is 0.338 e. The van der Waals surface area contributed by atoms with Crippen LogP contribution in [-0.4, -0.2) is 18.2 Å². The minimum atomic E-state index is -0.559. The van der Waals surface area contributed by atoms with E-state index in [1.165, 1.54) is 30.5 Å². The van der Waals surface area contributed by atoms with Gasteiger partial charge >= 0.3 is 5.97 Å². The normalized spacial score (nSPS) is 9.31. The molecule has 2 N–H and O–H groups in total. The largest absolute Gasteiger partial charge is 0.502 e. The third-order valence-corrected chi connectivity index (χ3v) is 1.53. The molecule has 5 nitrogen and oxygen atoms in total. The Morgan fingerprint density at radius 2 is 2.23 bits per heavy atom. The minimum absolute atomic E-state index is 0.0529. The molecule has 0 spiro atoms. The molecule has 0 heterocycles. The molecule has 0 radical (unpaired) electrons. The molecule has 68 valence electrons. The Morgan fingerprint density at radius 1 is 1.54 bits per heavy atom. The summed E-state index contributed by atoms with van der Waals surface area (Å²) < 4.78 is 4.43. The second kappa shape index (κ2) is 3.66. The van der Waals surface area contributed by atoms with Gasteiger partial charge in [0.05, 0.1) is 12.7 Å². The number of benzene rings is 1. The fourth-order valence-electron chi connectivity index (χ4n) is 0.863. The van der Waals surface area contributed by atoms with Gasteiger partial charge in [-0.15, -0.1) is 0 Å². The summed E-state index contributed by atoms with van der Waals surface area (Å²) in [6.07, 6.45) is 0. The number of carbonyl (C=O) groups is 1. The van der Waals surface area contributed by atoms with Gasteiger partial charge in [0, 0.05) is 16.2 Å². The summed E-state index contributed by atoms with van der Waals surface area (Å²) in [6.45, 7) is 0. The summed E-state index contributed by atoms with van der Waals surface area (Å²) in [5.74, 6) is -0.765. The maximum atomic E-state index is 11.0. The molecule has 1 aromatic rings. The average molecular weight is 182 g/mol. The summed E-state index contributed by atoms with van der Waals surface area (Å²) in [6, 6.07) is 3.82. The van der Waals surface area contributed by atoms with Gasteiger partial charge in [-0.05, 0) is 12.1 Å². The first-order valence-corrected chi connectivity index (χ1v) is 3.48. The Labute approximate surface area is 73.9 Å². The highest BCUT2D eigenvalue weighted by atomic mass is 16.5. The van der Waals surface area contributed by atoms with Crippen LogP contribution in [0.15, 0.2) is 18.2 Å². The lowest BCUT2D eigenvalue weighted by Gasteiger charge is -1.97. The molecule has 0 aliphatic rings. The van der Waals surface area contributed by atoms with Crippen molar-refractivity contribution in [2.45, 2.75) is 0 Å². The van der Waals surface area contributed by atoms with E-state index in [1.54, 1.807) is 0 Å². The van der Waals surface area contributed by atoms with Crippen LogP contribution >= 0.6 is 0 Å². The third-order valence-electron chi connectivity index (χ3n) is 1.53. The van der Waals surface area contributed by atoms with Gasteiger partial charge < -0.3 is 9.84 Å². The second-order valence-corrected chi connectivity index (χ2v) is 2.33. The zero-order valence-corrected chi connectivity index (χ0v) is 6.90. The lowest BCUT2D eigenvalue weighted by atomic mass is 10.2. The smallest absolute Gasteiger partial charge is 0.338 e. The van der Waals surface area contributed by atoms with Crippen LogP contribution in [-0.2, 0) is 4.74 Å². The number of esters is 1. The van der Waals surface area contributed by atoms with Gasteiger partial charge in [0.25, 0.3) is 5.69 Å². The average Bonchev–Trinajstić information content (AvgIpc) is 2.17. The molecule has 5 heteroatoms. The van der Waals surface area contributed by atoms with E-state index in [4.69, 9.17) is 5.11 Å². The number of ether oxygens (including phenoxy) is 1. The fraction of sp³-hybridized carbons (Fsp3) is 0.125. The highest BCUT2D eigenvalue weighted by Crippen LogP contribution is 2.19. The summed E-state index contributed by atoms with van der Waals surface area (Å²) >= 11 is 0. The predicted molar refractivity (Wildman–Crippen MR) is 43.4 cm³/mol. The maximum absolute atomic E-state index is 11.0. The lowest BCUT2D eigenvalue weighted by Crippen LogP contribution is -2.55. The minimum Gasteiger partial charge on any atom is -0.502 e. The molecule has 13 heavy (non-hydrogen) atoms. The number of carbonyl (C=O) groups excluding carboxylic acids is 1. The molecule has 1 aromatic carbocycles. The summed E-state index contributed by atoms with van der Waals surface area (Å²) in [7, 11) is 1.24. The van der Waals surface area contributed by atoms with E-state index in [1.807, 2.05) is 0 Å². The Hall–Kier alpha value is -1.91. The number of nitrogens with one attached hydrogen (secondary N) is 1. The van der Waals surface area contributed by atoms with Crippen LogP contribution in [0.3, 0.4) is 0 Å². The van der Waals surface area contributed by atoms with Crippen molar-refractivity contribution in [3.8, 4) is 5.75 Å². The SMILES string of the molecule is COC(=O)c1ccc(O)c([NH+]=O)c1. The van der Waals surface area contributed by atoms with Crippen molar-refractivity contribution in [1.29, 1.82) is 0 Å². The van der Waals surface area contributed by atoms with Gasteiger partial charge in [0.2, 0.25) is 0 Å². The molecular weight excluding hydrogens is 174 g/mol. The first kappa shape index (κ1) is 9.18. The number of aromatic hydroxyl groups is 1. The number of hydrogen-bond acceptors (Lipinski definition) is 4. The van der Waals surface area contributed by atoms with Crippen molar-refractivity contribution < 1.29 is 19.8 Å². The zero-order valence-electron chi connectivity index (χ0n) is 6.90. The van der Waals surface area contributed by atoms with E-state index >= 15 is 0 Å². The van der Waals surface area contributed by atoms with Crippen LogP contribution < -0.4 is 5.18 Å². The van der Waals surface area contributed by atoms with Gasteiger partial charge in [-0.2, -0.15) is 0 Å². The molecule has 0 saturated heterocycles. The van der Waals surface area contributed by atoms with E-state index in [-0.39, 0.29) is 17.0 Å². The summed E-state index contributed by atoms with van der Waals surface area (Å²) in [5.41, 5.74) is 0.154. The Morgan fingerprint density at radius 3 is 2.77 bits per heavy atom. The van der Waals surface area contributed by atoms with Gasteiger partial charge in [0.15, 0.2) is 5.75 Å². The number of rotatable bonds is 2. The number of nitroso groups, excluding NO2 is 1. The highest BCUT2D eigenvalue weighted by Gasteiger charge is 2.12. The molecule has 0 unspecified atom stereocenters. The zero-order chi connectivity index (χ0) is 9.84. The Kier molecular flexibility index (Phi) is 2.59. The summed E-state index contributed by atoms with van der Waals surface area (Å²) in [4.78, 5) is 21.2. The highest BCUT2D eigenvalue weighted by molar-refractivity contribution is 5.90. The molecule has 0 aromatic heterocycles. The van der Waals surface area contributed by atoms with Gasteiger partial charge in [-0.1, -0.05) is 0 Å².